The molecule has 7 heteroatoms. The second-order valence-electron chi connectivity index (χ2n) is 8.82. The van der Waals surface area contributed by atoms with Crippen molar-refractivity contribution in [1.82, 2.24) is 9.80 Å². The summed E-state index contributed by atoms with van der Waals surface area (Å²) in [7, 11) is 0. The lowest BCUT2D eigenvalue weighted by atomic mass is 10.1. The zero-order valence-corrected chi connectivity index (χ0v) is 19.3. The molecule has 0 saturated carbocycles. The molecular formula is C25H34N2O5. The van der Waals surface area contributed by atoms with E-state index in [1.165, 1.54) is 11.0 Å². The third-order valence-corrected chi connectivity index (χ3v) is 5.05. The van der Waals surface area contributed by atoms with Crippen LogP contribution in [-0.2, 0) is 25.7 Å². The van der Waals surface area contributed by atoms with Crippen molar-refractivity contribution in [3.8, 4) is 0 Å². The van der Waals surface area contributed by atoms with Crippen LogP contribution in [0.5, 0.6) is 0 Å². The molecule has 2 rings (SSSR count). The van der Waals surface area contributed by atoms with Crippen molar-refractivity contribution in [2.75, 3.05) is 13.1 Å². The smallest absolute Gasteiger partial charge is 0.410 e. The Morgan fingerprint density at radius 3 is 2.41 bits per heavy atom. The minimum absolute atomic E-state index is 0.102. The standard InChI is InChI=1S/C25H34N2O5/c1-6-11-20-14-15-21(23(29)32-25(3,4)5)27(20)22(28)17-26(16-7-2)24(30)31-18-19-12-9-8-10-13-19/h6-10,12-13,20-21H,1-2,11,14-18H2,3-5H3/t20-,21-/m0/s1. The number of esters is 1. The molecule has 1 aromatic rings. The molecule has 1 saturated heterocycles. The summed E-state index contributed by atoms with van der Waals surface area (Å²) in [5.74, 6) is -0.761. The van der Waals surface area contributed by atoms with E-state index in [0.717, 1.165) is 5.56 Å². The van der Waals surface area contributed by atoms with Gasteiger partial charge >= 0.3 is 12.1 Å². The number of likely N-dealkylation sites (tertiary alicyclic amines) is 1. The molecule has 0 radical (unpaired) electrons. The number of hydrogen-bond donors (Lipinski definition) is 0. The van der Waals surface area contributed by atoms with Gasteiger partial charge in [-0.15, -0.1) is 13.2 Å². The van der Waals surface area contributed by atoms with Crippen molar-refractivity contribution in [2.45, 2.75) is 64.3 Å². The van der Waals surface area contributed by atoms with E-state index >= 15 is 0 Å². The number of rotatable bonds is 9. The van der Waals surface area contributed by atoms with Gasteiger partial charge in [-0.2, -0.15) is 0 Å². The molecule has 1 aliphatic heterocycles. The second kappa shape index (κ2) is 11.5. The summed E-state index contributed by atoms with van der Waals surface area (Å²) in [5, 5.41) is 0. The minimum Gasteiger partial charge on any atom is -0.458 e. The molecule has 2 atom stereocenters. The topological polar surface area (TPSA) is 76.2 Å². The van der Waals surface area contributed by atoms with E-state index in [4.69, 9.17) is 9.47 Å². The highest BCUT2D eigenvalue weighted by atomic mass is 16.6. The van der Waals surface area contributed by atoms with Crippen LogP contribution in [-0.4, -0.2) is 58.5 Å². The molecule has 1 aromatic carbocycles. The Hall–Kier alpha value is -3.09. The summed E-state index contributed by atoms with van der Waals surface area (Å²) < 4.78 is 10.9. The molecule has 0 bridgehead atoms. The predicted octanol–water partition coefficient (Wildman–Crippen LogP) is 4.09. The van der Waals surface area contributed by atoms with E-state index in [1.54, 1.807) is 31.7 Å². The van der Waals surface area contributed by atoms with Crippen molar-refractivity contribution in [3.63, 3.8) is 0 Å². The molecule has 7 nitrogen and oxygen atoms in total. The van der Waals surface area contributed by atoms with Crippen molar-refractivity contribution in [1.29, 1.82) is 0 Å². The van der Waals surface area contributed by atoms with Gasteiger partial charge in [0, 0.05) is 12.6 Å². The van der Waals surface area contributed by atoms with E-state index in [2.05, 4.69) is 13.2 Å². The highest BCUT2D eigenvalue weighted by molar-refractivity contribution is 5.88. The van der Waals surface area contributed by atoms with E-state index in [1.807, 2.05) is 30.3 Å². The Morgan fingerprint density at radius 1 is 1.12 bits per heavy atom. The van der Waals surface area contributed by atoms with Crippen molar-refractivity contribution < 1.29 is 23.9 Å². The van der Waals surface area contributed by atoms with Gasteiger partial charge in [-0.05, 0) is 45.6 Å². The first-order chi connectivity index (χ1) is 15.2. The molecule has 2 amide bonds. The third-order valence-electron chi connectivity index (χ3n) is 5.05. The second-order valence-corrected chi connectivity index (χ2v) is 8.82. The molecule has 1 aliphatic rings. The number of amides is 2. The average Bonchev–Trinajstić information content (AvgIpc) is 3.15. The fraction of sp³-hybridized carbons (Fsp3) is 0.480. The molecule has 0 spiro atoms. The van der Waals surface area contributed by atoms with E-state index in [-0.39, 0.29) is 31.6 Å². The van der Waals surface area contributed by atoms with E-state index in [0.29, 0.717) is 19.3 Å². The highest BCUT2D eigenvalue weighted by Gasteiger charge is 2.42. The third kappa shape index (κ3) is 7.25. The number of carbonyl (C=O) groups is 3. The van der Waals surface area contributed by atoms with Crippen LogP contribution in [0.3, 0.4) is 0 Å². The van der Waals surface area contributed by atoms with Gasteiger partial charge in [0.25, 0.3) is 0 Å². The van der Waals surface area contributed by atoms with Crippen molar-refractivity contribution in [2.24, 2.45) is 0 Å². The van der Waals surface area contributed by atoms with E-state index in [9.17, 15) is 14.4 Å². The predicted molar refractivity (Wildman–Crippen MR) is 123 cm³/mol. The summed E-state index contributed by atoms with van der Waals surface area (Å²) in [6.07, 6.45) is 4.40. The maximum atomic E-state index is 13.3. The number of benzene rings is 1. The average molecular weight is 443 g/mol. The van der Waals surface area contributed by atoms with Crippen LogP contribution in [0, 0.1) is 0 Å². The Bertz CT molecular complexity index is 815. The summed E-state index contributed by atoms with van der Waals surface area (Å²) >= 11 is 0. The molecule has 174 valence electrons. The number of carbonyl (C=O) groups excluding carboxylic acids is 3. The lowest BCUT2D eigenvalue weighted by molar-refractivity contribution is -0.164. The first-order valence-corrected chi connectivity index (χ1v) is 10.9. The summed E-state index contributed by atoms with van der Waals surface area (Å²) in [6.45, 7) is 12.9. The maximum Gasteiger partial charge on any atom is 0.410 e. The number of nitrogens with zero attached hydrogens (tertiary/aromatic N) is 2. The Labute approximate surface area is 190 Å². The van der Waals surface area contributed by atoms with Gasteiger partial charge in [-0.1, -0.05) is 42.5 Å². The van der Waals surface area contributed by atoms with Crippen LogP contribution in [0.25, 0.3) is 0 Å². The quantitative estimate of drug-likeness (QED) is 0.425. The zero-order chi connectivity index (χ0) is 23.7. The molecule has 0 aliphatic carbocycles. The molecule has 0 aromatic heterocycles. The van der Waals surface area contributed by atoms with E-state index < -0.39 is 23.7 Å². The van der Waals surface area contributed by atoms with Crippen molar-refractivity contribution >= 4 is 18.0 Å². The first-order valence-electron chi connectivity index (χ1n) is 10.9. The summed E-state index contributed by atoms with van der Waals surface area (Å²) in [5.41, 5.74) is 0.194. The molecule has 0 N–H and O–H groups in total. The zero-order valence-electron chi connectivity index (χ0n) is 19.3. The van der Waals surface area contributed by atoms with Crippen LogP contribution in [0.4, 0.5) is 4.79 Å². The monoisotopic (exact) mass is 442 g/mol. The van der Waals surface area contributed by atoms with Gasteiger partial charge in [-0.25, -0.2) is 9.59 Å². The van der Waals surface area contributed by atoms with Gasteiger partial charge in [-0.3, -0.25) is 9.69 Å². The Kier molecular flexibility index (Phi) is 9.05. The molecule has 1 fully saturated rings. The van der Waals surface area contributed by atoms with Crippen LogP contribution in [0.2, 0.25) is 0 Å². The number of ether oxygens (including phenoxy) is 2. The van der Waals surface area contributed by atoms with Crippen LogP contribution in [0.1, 0.15) is 45.6 Å². The Balaban J connectivity index is 2.11. The molecule has 0 unspecified atom stereocenters. The van der Waals surface area contributed by atoms with Gasteiger partial charge < -0.3 is 14.4 Å². The van der Waals surface area contributed by atoms with Gasteiger partial charge in [0.2, 0.25) is 5.91 Å². The first kappa shape index (κ1) is 25.2. The minimum atomic E-state index is -0.683. The van der Waals surface area contributed by atoms with Gasteiger partial charge in [0.05, 0.1) is 0 Å². The summed E-state index contributed by atoms with van der Waals surface area (Å²) in [6, 6.07) is 8.46. The fourth-order valence-electron chi connectivity index (χ4n) is 3.70. The maximum absolute atomic E-state index is 13.3. The van der Waals surface area contributed by atoms with Crippen LogP contribution in [0.15, 0.2) is 55.6 Å². The lowest BCUT2D eigenvalue weighted by Crippen LogP contribution is -2.51. The largest absolute Gasteiger partial charge is 0.458 e. The summed E-state index contributed by atoms with van der Waals surface area (Å²) in [4.78, 5) is 41.5. The number of hydrogen-bond acceptors (Lipinski definition) is 5. The highest BCUT2D eigenvalue weighted by Crippen LogP contribution is 2.29. The van der Waals surface area contributed by atoms with Crippen molar-refractivity contribution in [3.05, 3.63) is 61.2 Å². The Morgan fingerprint density at radius 2 is 1.81 bits per heavy atom. The van der Waals surface area contributed by atoms with Gasteiger partial charge in [0.1, 0.15) is 24.8 Å². The SMILES string of the molecule is C=CC[C@H]1CC[C@@H](C(=O)OC(C)(C)C)N1C(=O)CN(CC=C)C(=O)OCc1ccccc1. The van der Waals surface area contributed by atoms with Crippen LogP contribution >= 0.6 is 0 Å². The lowest BCUT2D eigenvalue weighted by Gasteiger charge is -2.32. The fourth-order valence-corrected chi connectivity index (χ4v) is 3.70. The normalized spacial score (nSPS) is 18.0. The molecular weight excluding hydrogens is 408 g/mol. The molecule has 1 heterocycles. The van der Waals surface area contributed by atoms with Gasteiger partial charge in [0.15, 0.2) is 0 Å². The molecule has 32 heavy (non-hydrogen) atoms. The van der Waals surface area contributed by atoms with Crippen LogP contribution < -0.4 is 0 Å².